The molecule has 1 fully saturated rings. The lowest BCUT2D eigenvalue weighted by Crippen LogP contribution is -2.23. The van der Waals surface area contributed by atoms with Crippen molar-refractivity contribution in [1.82, 2.24) is 10.2 Å². The molecule has 0 aromatic rings. The van der Waals surface area contributed by atoms with Gasteiger partial charge in [0.1, 0.15) is 0 Å². The van der Waals surface area contributed by atoms with Gasteiger partial charge in [-0.05, 0) is 12.8 Å². The predicted octanol–water partition coefficient (Wildman–Crippen LogP) is 8.77. The molecular formula is C35H64N2O5S3. The number of nitrogens with zero attached hydrogens (tertiary/aromatic N) is 1. The zero-order chi connectivity index (χ0) is 33.1. The van der Waals surface area contributed by atoms with Gasteiger partial charge in [-0.25, -0.2) is 0 Å². The van der Waals surface area contributed by atoms with E-state index in [1.165, 1.54) is 109 Å². The Balaban J connectivity index is 2.06. The molecule has 0 radical (unpaired) electrons. The molecule has 1 aliphatic heterocycles. The predicted molar refractivity (Wildman–Crippen MR) is 195 cm³/mol. The first-order chi connectivity index (χ1) is 21.7. The van der Waals surface area contributed by atoms with E-state index >= 15 is 0 Å². The van der Waals surface area contributed by atoms with Crippen molar-refractivity contribution in [3.63, 3.8) is 0 Å². The number of ether oxygens (including phenoxy) is 1. The molecule has 0 bridgehead atoms. The van der Waals surface area contributed by atoms with Crippen molar-refractivity contribution in [2.24, 2.45) is 0 Å². The van der Waals surface area contributed by atoms with Crippen LogP contribution in [0.15, 0.2) is 0 Å². The number of amides is 2. The second-order valence-corrected chi connectivity index (χ2v) is 16.7. The Kier molecular flexibility index (Phi) is 26.4. The van der Waals surface area contributed by atoms with Gasteiger partial charge in [0.2, 0.25) is 11.8 Å². The minimum Gasteiger partial charge on any atom is -0.466 e. The van der Waals surface area contributed by atoms with Gasteiger partial charge >= 0.3 is 5.97 Å². The van der Waals surface area contributed by atoms with Crippen LogP contribution in [0.5, 0.6) is 0 Å². The van der Waals surface area contributed by atoms with Gasteiger partial charge in [0.05, 0.1) is 24.9 Å². The summed E-state index contributed by atoms with van der Waals surface area (Å²) >= 11 is 4.71. The van der Waals surface area contributed by atoms with Crippen LogP contribution in [0, 0.1) is 0 Å². The van der Waals surface area contributed by atoms with Crippen LogP contribution in [-0.4, -0.2) is 74.9 Å². The van der Waals surface area contributed by atoms with Gasteiger partial charge in [-0.2, -0.15) is 11.8 Å². The van der Waals surface area contributed by atoms with Crippen molar-refractivity contribution in [1.29, 1.82) is 0 Å². The molecule has 45 heavy (non-hydrogen) atoms. The van der Waals surface area contributed by atoms with Crippen LogP contribution in [0.2, 0.25) is 0 Å². The third kappa shape index (κ3) is 25.8. The maximum atomic E-state index is 12.8. The number of nitrogens with one attached hydrogen (secondary N) is 1. The van der Waals surface area contributed by atoms with E-state index in [0.717, 1.165) is 31.6 Å². The maximum absolute atomic E-state index is 12.8. The van der Waals surface area contributed by atoms with E-state index in [0.29, 0.717) is 30.6 Å². The third-order valence-electron chi connectivity index (χ3n) is 8.02. The smallest absolute Gasteiger partial charge is 0.306 e. The van der Waals surface area contributed by atoms with Crippen molar-refractivity contribution < 1.29 is 23.9 Å². The van der Waals surface area contributed by atoms with Crippen molar-refractivity contribution in [3.05, 3.63) is 0 Å². The Morgan fingerprint density at radius 1 is 0.822 bits per heavy atom. The summed E-state index contributed by atoms with van der Waals surface area (Å²) in [6.07, 6.45) is 22.6. The minimum atomic E-state index is -0.221. The van der Waals surface area contributed by atoms with Crippen LogP contribution in [0.25, 0.3) is 0 Å². The third-order valence-corrected chi connectivity index (χ3v) is 11.6. The zero-order valence-corrected chi connectivity index (χ0v) is 31.4. The minimum absolute atomic E-state index is 0.0264. The highest BCUT2D eigenvalue weighted by Gasteiger charge is 2.39. The SMILES string of the molecule is CCCCCCCCCCCCCCCCCCOC(=O)CCSC(=O)CC(CC(C)SCCNC(C)=O)SC1CN1C(C)=O. The monoisotopic (exact) mass is 688 g/mol. The van der Waals surface area contributed by atoms with Crippen LogP contribution < -0.4 is 5.32 Å². The molecule has 262 valence electrons. The largest absolute Gasteiger partial charge is 0.466 e. The number of carbonyl (C=O) groups is 4. The quantitative estimate of drug-likeness (QED) is 0.0455. The second-order valence-electron chi connectivity index (χ2n) is 12.5. The summed E-state index contributed by atoms with van der Waals surface area (Å²) < 4.78 is 5.40. The fraction of sp³-hybridized carbons (Fsp3) is 0.886. The van der Waals surface area contributed by atoms with Crippen LogP contribution >= 0.6 is 35.3 Å². The number of hydrogen-bond donors (Lipinski definition) is 1. The maximum Gasteiger partial charge on any atom is 0.306 e. The summed E-state index contributed by atoms with van der Waals surface area (Å²) in [7, 11) is 0. The normalized spacial score (nSPS) is 15.5. The molecule has 1 saturated heterocycles. The van der Waals surface area contributed by atoms with Crippen LogP contribution in [0.4, 0.5) is 0 Å². The molecule has 0 saturated carbocycles. The highest BCUT2D eigenvalue weighted by Crippen LogP contribution is 2.37. The summed E-state index contributed by atoms with van der Waals surface area (Å²) in [5.74, 6) is 1.09. The molecule has 1 rings (SSSR count). The summed E-state index contributed by atoms with van der Waals surface area (Å²) in [6.45, 7) is 9.36. The van der Waals surface area contributed by atoms with E-state index < -0.39 is 0 Å². The van der Waals surface area contributed by atoms with Gasteiger partial charge in [0.25, 0.3) is 0 Å². The zero-order valence-electron chi connectivity index (χ0n) is 28.9. The van der Waals surface area contributed by atoms with Crippen molar-refractivity contribution >= 4 is 58.2 Å². The number of thioether (sulfide) groups is 3. The second kappa shape index (κ2) is 28.2. The summed E-state index contributed by atoms with van der Waals surface area (Å²) in [6, 6.07) is 0. The number of carbonyl (C=O) groups excluding carboxylic acids is 4. The Morgan fingerprint density at radius 2 is 1.38 bits per heavy atom. The van der Waals surface area contributed by atoms with Crippen LogP contribution in [0.3, 0.4) is 0 Å². The number of esters is 1. The molecule has 0 aromatic carbocycles. The summed E-state index contributed by atoms with van der Waals surface area (Å²) in [5.41, 5.74) is 0. The van der Waals surface area contributed by atoms with Crippen LogP contribution in [0.1, 0.15) is 150 Å². The highest BCUT2D eigenvalue weighted by molar-refractivity contribution is 8.13. The van der Waals surface area contributed by atoms with Gasteiger partial charge in [-0.1, -0.05) is 122 Å². The average molecular weight is 689 g/mol. The van der Waals surface area contributed by atoms with E-state index in [9.17, 15) is 19.2 Å². The molecule has 3 atom stereocenters. The van der Waals surface area contributed by atoms with Crippen molar-refractivity contribution in [2.45, 2.75) is 166 Å². The van der Waals surface area contributed by atoms with Gasteiger partial charge in [-0.15, -0.1) is 11.8 Å². The molecule has 10 heteroatoms. The van der Waals surface area contributed by atoms with Crippen molar-refractivity contribution in [2.75, 3.05) is 31.2 Å². The Bertz CT molecular complexity index is 816. The molecule has 7 nitrogen and oxygen atoms in total. The molecule has 1 heterocycles. The number of rotatable bonds is 30. The molecule has 0 aromatic heterocycles. The fourth-order valence-electron chi connectivity index (χ4n) is 5.30. The topological polar surface area (TPSA) is 92.6 Å². The fourth-order valence-corrected chi connectivity index (χ4v) is 8.97. The van der Waals surface area contributed by atoms with E-state index in [2.05, 4.69) is 19.2 Å². The number of unbranched alkanes of at least 4 members (excludes halogenated alkanes) is 15. The molecular weight excluding hydrogens is 625 g/mol. The lowest BCUT2D eigenvalue weighted by molar-refractivity contribution is -0.143. The standard InChI is InChI=1S/C35H64N2O5S3/c1-5-6-7-8-9-10-11-12-13-14-15-16-17-18-19-20-23-42-34(40)21-24-44-35(41)27-32(45-33-28-37(33)31(4)39)26-29(2)43-25-22-36-30(3)38/h29,32-33H,5-28H2,1-4H3,(H,36,38). The Morgan fingerprint density at radius 3 is 1.89 bits per heavy atom. The van der Waals surface area contributed by atoms with E-state index in [1.807, 2.05) is 4.90 Å². The lowest BCUT2D eigenvalue weighted by atomic mass is 10.0. The van der Waals surface area contributed by atoms with E-state index in [4.69, 9.17) is 4.74 Å². The molecule has 1 N–H and O–H groups in total. The van der Waals surface area contributed by atoms with Gasteiger partial charge in [0.15, 0.2) is 5.12 Å². The van der Waals surface area contributed by atoms with E-state index in [1.54, 1.807) is 30.4 Å². The lowest BCUT2D eigenvalue weighted by Gasteiger charge is -2.20. The molecule has 3 unspecified atom stereocenters. The summed E-state index contributed by atoms with van der Waals surface area (Å²) in [5, 5.41) is 3.50. The molecule has 0 aliphatic carbocycles. The average Bonchev–Trinajstić information content (AvgIpc) is 3.76. The first-order valence-corrected chi connectivity index (χ1v) is 20.8. The van der Waals surface area contributed by atoms with Crippen molar-refractivity contribution in [3.8, 4) is 0 Å². The first-order valence-electron chi connectivity index (χ1n) is 17.8. The number of hydrogen-bond acceptors (Lipinski definition) is 8. The first kappa shape index (κ1) is 42.2. The van der Waals surface area contributed by atoms with E-state index in [-0.39, 0.29) is 39.9 Å². The highest BCUT2D eigenvalue weighted by atomic mass is 32.2. The van der Waals surface area contributed by atoms with Crippen LogP contribution in [-0.2, 0) is 23.9 Å². The molecule has 0 spiro atoms. The van der Waals surface area contributed by atoms with Gasteiger partial charge < -0.3 is 15.0 Å². The molecule has 2 amide bonds. The van der Waals surface area contributed by atoms with Gasteiger partial charge in [0, 0.05) is 48.8 Å². The Labute approximate surface area is 288 Å². The van der Waals surface area contributed by atoms with Gasteiger partial charge in [-0.3, -0.25) is 19.2 Å². The summed E-state index contributed by atoms with van der Waals surface area (Å²) in [4.78, 5) is 49.5. The molecule has 1 aliphatic rings. The Hall–Kier alpha value is -0.870.